The molecule has 0 bridgehead atoms. The summed E-state index contributed by atoms with van der Waals surface area (Å²) in [6, 6.07) is 7.18. The smallest absolute Gasteiger partial charge is 0.257 e. The average Bonchev–Trinajstić information content (AvgIpc) is 2.87. The van der Waals surface area contributed by atoms with E-state index in [1.54, 1.807) is 18.2 Å². The second-order valence-electron chi connectivity index (χ2n) is 9.28. The number of carbonyl (C=O) groups excluding carboxylic acids is 2. The molecule has 1 atom stereocenters. The largest absolute Gasteiger partial charge is 0.481 e. The van der Waals surface area contributed by atoms with Crippen LogP contribution < -0.4 is 10.1 Å². The van der Waals surface area contributed by atoms with E-state index in [-0.39, 0.29) is 23.8 Å². The van der Waals surface area contributed by atoms with E-state index in [0.29, 0.717) is 48.5 Å². The molecule has 0 radical (unpaired) electrons. The molecule has 2 amide bonds. The van der Waals surface area contributed by atoms with Crippen LogP contribution in [0, 0.1) is 12.8 Å². The van der Waals surface area contributed by atoms with Gasteiger partial charge in [-0.2, -0.15) is 0 Å². The number of rotatable bonds is 6. The SMILES string of the molecule is COc1ccc(C(=O)Nc2cc(Cl)cc(CN3CCN(C(=O)C4CCOCC4)[C@@H](C)C3)c2C)cn1. The lowest BCUT2D eigenvalue weighted by atomic mass is 9.97. The summed E-state index contributed by atoms with van der Waals surface area (Å²) in [5.41, 5.74) is 3.13. The Hall–Kier alpha value is -2.68. The van der Waals surface area contributed by atoms with Gasteiger partial charge in [0.15, 0.2) is 0 Å². The second kappa shape index (κ2) is 11.4. The third-order valence-corrected chi connectivity index (χ3v) is 7.11. The third kappa shape index (κ3) is 6.12. The van der Waals surface area contributed by atoms with Crippen LogP contribution in [-0.2, 0) is 16.1 Å². The van der Waals surface area contributed by atoms with Crippen molar-refractivity contribution in [2.24, 2.45) is 5.92 Å². The number of carbonyl (C=O) groups is 2. The fourth-order valence-corrected chi connectivity index (χ4v) is 5.02. The fourth-order valence-electron chi connectivity index (χ4n) is 4.78. The maximum atomic E-state index is 13.0. The highest BCUT2D eigenvalue weighted by molar-refractivity contribution is 6.31. The number of anilines is 1. The van der Waals surface area contributed by atoms with E-state index in [9.17, 15) is 9.59 Å². The average molecular weight is 501 g/mol. The summed E-state index contributed by atoms with van der Waals surface area (Å²) >= 11 is 6.43. The predicted octanol–water partition coefficient (Wildman–Crippen LogP) is 3.76. The van der Waals surface area contributed by atoms with Crippen LogP contribution >= 0.6 is 11.6 Å². The zero-order valence-electron chi connectivity index (χ0n) is 20.6. The summed E-state index contributed by atoms with van der Waals surface area (Å²) in [5, 5.41) is 3.53. The fraction of sp³-hybridized carbons (Fsp3) is 0.500. The van der Waals surface area contributed by atoms with E-state index in [1.165, 1.54) is 13.3 Å². The number of amides is 2. The van der Waals surface area contributed by atoms with Crippen molar-refractivity contribution in [1.29, 1.82) is 0 Å². The summed E-state index contributed by atoms with van der Waals surface area (Å²) < 4.78 is 10.5. The van der Waals surface area contributed by atoms with Crippen molar-refractivity contribution in [1.82, 2.24) is 14.8 Å². The minimum absolute atomic E-state index is 0.0833. The molecule has 2 aliphatic heterocycles. The van der Waals surface area contributed by atoms with Gasteiger partial charge < -0.3 is 19.7 Å². The van der Waals surface area contributed by atoms with Crippen LogP contribution in [0.2, 0.25) is 5.02 Å². The number of aromatic nitrogens is 1. The molecule has 4 rings (SSSR count). The Morgan fingerprint density at radius 1 is 1.23 bits per heavy atom. The minimum atomic E-state index is -0.259. The molecule has 35 heavy (non-hydrogen) atoms. The molecule has 0 aliphatic carbocycles. The normalized spacial score (nSPS) is 19.4. The van der Waals surface area contributed by atoms with Crippen LogP contribution in [0.4, 0.5) is 5.69 Å². The van der Waals surface area contributed by atoms with Crippen LogP contribution in [0.25, 0.3) is 0 Å². The molecule has 3 heterocycles. The molecule has 0 spiro atoms. The Morgan fingerprint density at radius 2 is 2.00 bits per heavy atom. The molecular weight excluding hydrogens is 468 g/mol. The lowest BCUT2D eigenvalue weighted by Gasteiger charge is -2.42. The lowest BCUT2D eigenvalue weighted by Crippen LogP contribution is -2.55. The number of benzene rings is 1. The second-order valence-corrected chi connectivity index (χ2v) is 9.72. The minimum Gasteiger partial charge on any atom is -0.481 e. The molecule has 1 aromatic carbocycles. The molecule has 2 aliphatic rings. The highest BCUT2D eigenvalue weighted by atomic mass is 35.5. The molecule has 8 nitrogen and oxygen atoms in total. The van der Waals surface area contributed by atoms with Gasteiger partial charge in [-0.15, -0.1) is 0 Å². The first-order valence-corrected chi connectivity index (χ1v) is 12.4. The van der Waals surface area contributed by atoms with Crippen LogP contribution in [0.1, 0.15) is 41.3 Å². The highest BCUT2D eigenvalue weighted by Crippen LogP contribution is 2.28. The maximum Gasteiger partial charge on any atom is 0.257 e. The molecule has 188 valence electrons. The van der Waals surface area contributed by atoms with E-state index in [1.807, 2.05) is 17.9 Å². The van der Waals surface area contributed by atoms with E-state index in [0.717, 1.165) is 37.1 Å². The van der Waals surface area contributed by atoms with Gasteiger partial charge >= 0.3 is 0 Å². The first kappa shape index (κ1) is 25.4. The molecular formula is C26H33ClN4O4. The molecule has 0 unspecified atom stereocenters. The summed E-state index contributed by atoms with van der Waals surface area (Å²) in [6.07, 6.45) is 3.11. The Labute approximate surface area is 211 Å². The summed E-state index contributed by atoms with van der Waals surface area (Å²) in [5.74, 6) is 0.536. The molecule has 1 N–H and O–H groups in total. The number of piperazine rings is 1. The number of hydrogen-bond donors (Lipinski definition) is 1. The molecule has 0 saturated carbocycles. The third-order valence-electron chi connectivity index (χ3n) is 6.90. The van der Waals surface area contributed by atoms with Crippen molar-refractivity contribution >= 4 is 29.1 Å². The molecule has 2 fully saturated rings. The number of halogens is 1. The first-order chi connectivity index (χ1) is 16.9. The van der Waals surface area contributed by atoms with Crippen molar-refractivity contribution in [3.63, 3.8) is 0 Å². The van der Waals surface area contributed by atoms with Gasteiger partial charge in [-0.05, 0) is 56.0 Å². The number of nitrogens with zero attached hydrogens (tertiary/aromatic N) is 3. The van der Waals surface area contributed by atoms with Gasteiger partial charge in [-0.25, -0.2) is 4.98 Å². The molecule has 2 saturated heterocycles. The monoisotopic (exact) mass is 500 g/mol. The summed E-state index contributed by atoms with van der Waals surface area (Å²) in [6.45, 7) is 8.45. The zero-order valence-corrected chi connectivity index (χ0v) is 21.3. The Bertz CT molecular complexity index is 1060. The lowest BCUT2D eigenvalue weighted by molar-refractivity contribution is -0.143. The standard InChI is InChI=1S/C26H33ClN4O4/c1-17-15-30(8-9-31(17)26(33)19-6-10-35-11-7-19)16-21-12-22(27)13-23(18(21)2)29-25(32)20-4-5-24(34-3)28-14-20/h4-5,12-14,17,19H,6-11,15-16H2,1-3H3,(H,29,32)/t17-/m0/s1. The maximum absolute atomic E-state index is 13.0. The van der Waals surface area contributed by atoms with Crippen molar-refractivity contribution in [2.75, 3.05) is 45.3 Å². The predicted molar refractivity (Wildman–Crippen MR) is 135 cm³/mol. The molecule has 2 aromatic rings. The highest BCUT2D eigenvalue weighted by Gasteiger charge is 2.32. The Morgan fingerprint density at radius 3 is 2.66 bits per heavy atom. The van der Waals surface area contributed by atoms with Gasteiger partial charge in [0.05, 0.1) is 12.7 Å². The topological polar surface area (TPSA) is 84.0 Å². The van der Waals surface area contributed by atoms with Crippen molar-refractivity contribution in [2.45, 2.75) is 39.3 Å². The van der Waals surface area contributed by atoms with Gasteiger partial charge in [0.1, 0.15) is 0 Å². The van der Waals surface area contributed by atoms with Crippen LogP contribution in [0.3, 0.4) is 0 Å². The van der Waals surface area contributed by atoms with Crippen LogP contribution in [0.15, 0.2) is 30.5 Å². The molecule has 9 heteroatoms. The number of pyridine rings is 1. The van der Waals surface area contributed by atoms with Gasteiger partial charge in [0, 0.05) is 74.3 Å². The van der Waals surface area contributed by atoms with E-state index in [4.69, 9.17) is 21.1 Å². The Balaban J connectivity index is 1.40. The van der Waals surface area contributed by atoms with E-state index < -0.39 is 0 Å². The number of ether oxygens (including phenoxy) is 2. The number of nitrogens with one attached hydrogen (secondary N) is 1. The van der Waals surface area contributed by atoms with E-state index >= 15 is 0 Å². The first-order valence-electron chi connectivity index (χ1n) is 12.1. The Kier molecular flexibility index (Phi) is 8.26. The summed E-state index contributed by atoms with van der Waals surface area (Å²) in [4.78, 5) is 34.2. The number of methoxy groups -OCH3 is 1. The number of hydrogen-bond acceptors (Lipinski definition) is 6. The zero-order chi connectivity index (χ0) is 24.9. The molecule has 1 aromatic heterocycles. The quantitative estimate of drug-likeness (QED) is 0.650. The van der Waals surface area contributed by atoms with Crippen molar-refractivity contribution < 1.29 is 19.1 Å². The van der Waals surface area contributed by atoms with Crippen LogP contribution in [0.5, 0.6) is 5.88 Å². The van der Waals surface area contributed by atoms with Crippen LogP contribution in [-0.4, -0.2) is 72.6 Å². The van der Waals surface area contributed by atoms with Gasteiger partial charge in [-0.1, -0.05) is 11.6 Å². The van der Waals surface area contributed by atoms with Crippen molar-refractivity contribution in [3.05, 3.63) is 52.2 Å². The summed E-state index contributed by atoms with van der Waals surface area (Å²) in [7, 11) is 1.53. The van der Waals surface area contributed by atoms with E-state index in [2.05, 4.69) is 22.1 Å². The van der Waals surface area contributed by atoms with Gasteiger partial charge in [-0.3, -0.25) is 14.5 Å². The van der Waals surface area contributed by atoms with Crippen molar-refractivity contribution in [3.8, 4) is 5.88 Å². The van der Waals surface area contributed by atoms with Gasteiger partial charge in [0.25, 0.3) is 5.91 Å². The van der Waals surface area contributed by atoms with Gasteiger partial charge in [0.2, 0.25) is 11.8 Å².